The van der Waals surface area contributed by atoms with Crippen LogP contribution in [-0.4, -0.2) is 40.4 Å². The fourth-order valence-corrected chi connectivity index (χ4v) is 4.34. The van der Waals surface area contributed by atoms with Crippen LogP contribution < -0.4 is 5.32 Å². The number of aromatic nitrogens is 2. The molecule has 1 aliphatic rings. The molecule has 2 aromatic carbocycles. The SMILES string of the molecule is CCOC(=O)CNC(=O)C(C1CC1)n1c(C(=O)c2ccccc2)nc2cc(Br)c(Br)cc21. The van der Waals surface area contributed by atoms with E-state index in [1.165, 1.54) is 0 Å². The van der Waals surface area contributed by atoms with E-state index < -0.39 is 12.0 Å². The van der Waals surface area contributed by atoms with E-state index in [4.69, 9.17) is 4.74 Å². The number of ketones is 1. The monoisotopic (exact) mass is 561 g/mol. The summed E-state index contributed by atoms with van der Waals surface area (Å²) in [6.07, 6.45) is 1.71. The Labute approximate surface area is 201 Å². The van der Waals surface area contributed by atoms with Gasteiger partial charge in [-0.2, -0.15) is 0 Å². The minimum atomic E-state index is -0.662. The van der Waals surface area contributed by atoms with Gasteiger partial charge in [-0.05, 0) is 69.7 Å². The highest BCUT2D eigenvalue weighted by Gasteiger charge is 2.40. The van der Waals surface area contributed by atoms with Crippen LogP contribution in [0.25, 0.3) is 11.0 Å². The van der Waals surface area contributed by atoms with Crippen molar-refractivity contribution < 1.29 is 19.1 Å². The van der Waals surface area contributed by atoms with E-state index in [0.717, 1.165) is 21.8 Å². The van der Waals surface area contributed by atoms with E-state index in [1.807, 2.05) is 18.2 Å². The average Bonchev–Trinajstić information content (AvgIpc) is 3.56. The molecule has 1 aliphatic carbocycles. The fourth-order valence-electron chi connectivity index (χ4n) is 3.68. The van der Waals surface area contributed by atoms with Crippen molar-refractivity contribution >= 4 is 60.6 Å². The molecular formula is C23H21Br2N3O4. The standard InChI is InChI=1S/C23H21Br2N3O4/c1-2-32-19(29)12-26-23(31)20(13-8-9-13)28-18-11-16(25)15(24)10-17(18)27-22(28)21(30)14-6-4-3-5-7-14/h3-7,10-11,13,20H,2,8-9,12H2,1H3,(H,26,31). The molecule has 32 heavy (non-hydrogen) atoms. The number of halogens is 2. The van der Waals surface area contributed by atoms with Crippen LogP contribution in [0.3, 0.4) is 0 Å². The van der Waals surface area contributed by atoms with Crippen LogP contribution in [0, 0.1) is 5.92 Å². The minimum absolute atomic E-state index is 0.0549. The third-order valence-electron chi connectivity index (χ3n) is 5.30. The summed E-state index contributed by atoms with van der Waals surface area (Å²) < 4.78 is 8.22. The Balaban J connectivity index is 1.81. The second-order valence-corrected chi connectivity index (χ2v) is 9.27. The smallest absolute Gasteiger partial charge is 0.325 e. The second kappa shape index (κ2) is 9.54. The maximum Gasteiger partial charge on any atom is 0.325 e. The molecule has 1 unspecified atom stereocenters. The highest BCUT2D eigenvalue weighted by atomic mass is 79.9. The van der Waals surface area contributed by atoms with Gasteiger partial charge in [0.1, 0.15) is 12.6 Å². The van der Waals surface area contributed by atoms with Crippen molar-refractivity contribution in [2.24, 2.45) is 5.92 Å². The van der Waals surface area contributed by atoms with Gasteiger partial charge in [0.05, 0.1) is 17.6 Å². The van der Waals surface area contributed by atoms with Gasteiger partial charge in [0.25, 0.3) is 0 Å². The number of fused-ring (bicyclic) bond motifs is 1. The predicted octanol–water partition coefficient (Wildman–Crippen LogP) is 4.42. The molecule has 1 amide bonds. The summed E-state index contributed by atoms with van der Waals surface area (Å²) in [5.74, 6) is -0.851. The van der Waals surface area contributed by atoms with Gasteiger partial charge in [0.15, 0.2) is 5.82 Å². The lowest BCUT2D eigenvalue weighted by Gasteiger charge is -2.21. The van der Waals surface area contributed by atoms with Gasteiger partial charge in [-0.1, -0.05) is 30.3 Å². The van der Waals surface area contributed by atoms with E-state index in [2.05, 4.69) is 42.2 Å². The van der Waals surface area contributed by atoms with E-state index in [0.29, 0.717) is 16.6 Å². The first-order valence-electron chi connectivity index (χ1n) is 10.3. The molecule has 0 bridgehead atoms. The van der Waals surface area contributed by atoms with Crippen molar-refractivity contribution in [3.8, 4) is 0 Å². The maximum absolute atomic E-state index is 13.4. The van der Waals surface area contributed by atoms with Crippen molar-refractivity contribution in [2.45, 2.75) is 25.8 Å². The number of imidazole rings is 1. The molecule has 7 nitrogen and oxygen atoms in total. The quantitative estimate of drug-likeness (QED) is 0.324. The first kappa shape index (κ1) is 22.7. The Morgan fingerprint density at radius 1 is 1.16 bits per heavy atom. The number of amides is 1. The second-order valence-electron chi connectivity index (χ2n) is 7.56. The van der Waals surface area contributed by atoms with Gasteiger partial charge in [0, 0.05) is 14.5 Å². The van der Waals surface area contributed by atoms with Crippen LogP contribution in [-0.2, 0) is 14.3 Å². The largest absolute Gasteiger partial charge is 0.465 e. The lowest BCUT2D eigenvalue weighted by Crippen LogP contribution is -2.38. The first-order chi connectivity index (χ1) is 15.4. The number of benzene rings is 2. The Hall–Kier alpha value is -2.52. The van der Waals surface area contributed by atoms with Crippen molar-refractivity contribution in [3.63, 3.8) is 0 Å². The van der Waals surface area contributed by atoms with Crippen LogP contribution in [0.5, 0.6) is 0 Å². The molecule has 166 valence electrons. The lowest BCUT2D eigenvalue weighted by molar-refractivity contribution is -0.143. The summed E-state index contributed by atoms with van der Waals surface area (Å²) >= 11 is 7.00. The number of ether oxygens (including phenoxy) is 1. The van der Waals surface area contributed by atoms with Crippen LogP contribution in [0.15, 0.2) is 51.4 Å². The average molecular weight is 563 g/mol. The minimum Gasteiger partial charge on any atom is -0.465 e. The zero-order valence-electron chi connectivity index (χ0n) is 17.3. The summed E-state index contributed by atoms with van der Waals surface area (Å²) in [4.78, 5) is 43.0. The normalized spacial score (nSPS) is 14.2. The summed E-state index contributed by atoms with van der Waals surface area (Å²) in [7, 11) is 0. The zero-order valence-corrected chi connectivity index (χ0v) is 20.5. The maximum atomic E-state index is 13.4. The first-order valence-corrected chi connectivity index (χ1v) is 11.9. The van der Waals surface area contributed by atoms with Gasteiger partial charge in [-0.3, -0.25) is 14.4 Å². The Morgan fingerprint density at radius 3 is 2.50 bits per heavy atom. The molecular weight excluding hydrogens is 542 g/mol. The summed E-state index contributed by atoms with van der Waals surface area (Å²) in [5, 5.41) is 2.68. The summed E-state index contributed by atoms with van der Waals surface area (Å²) in [5.41, 5.74) is 1.76. The Bertz CT molecular complexity index is 1190. The molecule has 1 saturated carbocycles. The Kier molecular flexibility index (Phi) is 6.76. The molecule has 0 radical (unpaired) electrons. The molecule has 1 fully saturated rings. The van der Waals surface area contributed by atoms with Gasteiger partial charge in [-0.25, -0.2) is 4.98 Å². The van der Waals surface area contributed by atoms with Gasteiger partial charge < -0.3 is 14.6 Å². The summed E-state index contributed by atoms with van der Waals surface area (Å²) in [6.45, 7) is 1.73. The van der Waals surface area contributed by atoms with Gasteiger partial charge >= 0.3 is 5.97 Å². The summed E-state index contributed by atoms with van der Waals surface area (Å²) in [6, 6.07) is 11.9. The van der Waals surface area contributed by atoms with Crippen molar-refractivity contribution in [1.29, 1.82) is 0 Å². The third-order valence-corrected chi connectivity index (χ3v) is 7.14. The molecule has 1 N–H and O–H groups in total. The van der Waals surface area contributed by atoms with E-state index >= 15 is 0 Å². The van der Waals surface area contributed by atoms with E-state index in [-0.39, 0.29) is 36.6 Å². The number of carbonyl (C=O) groups excluding carboxylic acids is 3. The highest BCUT2D eigenvalue weighted by Crippen LogP contribution is 2.43. The molecule has 0 aliphatic heterocycles. The van der Waals surface area contributed by atoms with Gasteiger partial charge in [-0.15, -0.1) is 0 Å². The molecule has 1 aromatic heterocycles. The van der Waals surface area contributed by atoms with Crippen LogP contribution >= 0.6 is 31.9 Å². The molecule has 0 saturated heterocycles. The van der Waals surface area contributed by atoms with Crippen LogP contribution in [0.1, 0.15) is 42.0 Å². The number of hydrogen-bond acceptors (Lipinski definition) is 5. The number of hydrogen-bond donors (Lipinski definition) is 1. The number of rotatable bonds is 8. The molecule has 4 rings (SSSR count). The Morgan fingerprint density at radius 2 is 1.84 bits per heavy atom. The predicted molar refractivity (Wildman–Crippen MR) is 126 cm³/mol. The molecule has 3 aromatic rings. The van der Waals surface area contributed by atoms with Gasteiger partial charge in [0.2, 0.25) is 11.7 Å². The topological polar surface area (TPSA) is 90.3 Å². The van der Waals surface area contributed by atoms with Crippen molar-refractivity contribution in [2.75, 3.05) is 13.2 Å². The van der Waals surface area contributed by atoms with Crippen molar-refractivity contribution in [1.82, 2.24) is 14.9 Å². The third kappa shape index (κ3) is 4.63. The molecule has 9 heteroatoms. The number of nitrogens with zero attached hydrogens (tertiary/aromatic N) is 2. The molecule has 0 spiro atoms. The molecule has 1 atom stereocenters. The number of esters is 1. The van der Waals surface area contributed by atoms with E-state index in [1.54, 1.807) is 35.8 Å². The highest BCUT2D eigenvalue weighted by molar-refractivity contribution is 9.13. The molecule has 1 heterocycles. The number of carbonyl (C=O) groups is 3. The van der Waals surface area contributed by atoms with Crippen molar-refractivity contribution in [3.05, 3.63) is 62.8 Å². The van der Waals surface area contributed by atoms with Crippen LogP contribution in [0.4, 0.5) is 0 Å². The fraction of sp³-hybridized carbons (Fsp3) is 0.304. The number of nitrogens with one attached hydrogen (secondary N) is 1. The zero-order chi connectivity index (χ0) is 22.8. The van der Waals surface area contributed by atoms with Crippen LogP contribution in [0.2, 0.25) is 0 Å². The van der Waals surface area contributed by atoms with E-state index in [9.17, 15) is 14.4 Å². The lowest BCUT2D eigenvalue weighted by atomic mass is 10.1.